The van der Waals surface area contributed by atoms with E-state index in [2.05, 4.69) is 4.72 Å². The van der Waals surface area contributed by atoms with E-state index in [-0.39, 0.29) is 24.0 Å². The van der Waals surface area contributed by atoms with Crippen LogP contribution in [0.4, 0.5) is 16.2 Å². The van der Waals surface area contributed by atoms with Gasteiger partial charge in [-0.25, -0.2) is 13.2 Å². The second-order valence-corrected chi connectivity index (χ2v) is 7.67. The summed E-state index contributed by atoms with van der Waals surface area (Å²) in [5, 5.41) is 9.05. The van der Waals surface area contributed by atoms with Gasteiger partial charge in [-0.05, 0) is 45.9 Å². The Hall–Kier alpha value is -2.29. The fourth-order valence-corrected chi connectivity index (χ4v) is 2.31. The van der Waals surface area contributed by atoms with Gasteiger partial charge in [-0.15, -0.1) is 0 Å². The van der Waals surface area contributed by atoms with Crippen LogP contribution in [0, 0.1) is 0 Å². The molecule has 0 aliphatic carbocycles. The quantitative estimate of drug-likeness (QED) is 0.805. The number of carboxylic acid groups (broad SMARTS) is 1. The third-order valence-electron chi connectivity index (χ3n) is 2.69. The molecule has 0 heterocycles. The third kappa shape index (κ3) is 6.45. The van der Waals surface area contributed by atoms with Crippen molar-refractivity contribution < 1.29 is 29.2 Å². The van der Waals surface area contributed by atoms with Gasteiger partial charge in [-0.2, -0.15) is 0 Å². The van der Waals surface area contributed by atoms with E-state index in [9.17, 15) is 18.0 Å². The number of aliphatic carboxylic acids is 1. The van der Waals surface area contributed by atoms with Gasteiger partial charge in [0.2, 0.25) is 10.0 Å². The molecule has 1 aromatic rings. The maximum Gasteiger partial charge on any atom is 0.415 e. The van der Waals surface area contributed by atoms with Gasteiger partial charge in [0.25, 0.3) is 0 Å². The summed E-state index contributed by atoms with van der Waals surface area (Å²) in [5.74, 6) is -1.39. The Kier molecular flexibility index (Phi) is 5.66. The Labute approximate surface area is 142 Å². The Morgan fingerprint density at radius 1 is 1.42 bits per heavy atom. The number of benzene rings is 1. The number of nitrogens with one attached hydrogen (secondary N) is 1. The van der Waals surface area contributed by atoms with Gasteiger partial charge < -0.3 is 9.84 Å². The van der Waals surface area contributed by atoms with E-state index in [1.54, 1.807) is 0 Å². The molecule has 0 unspecified atom stereocenters. The van der Waals surface area contributed by atoms with E-state index in [0.29, 0.717) is 0 Å². The van der Waals surface area contributed by atoms with Crippen LogP contribution in [0.1, 0.15) is 29.0 Å². The molecule has 0 spiro atoms. The number of carbonyl (C=O) groups excluding carboxylic acids is 1. The Morgan fingerprint density at radius 3 is 2.62 bits per heavy atom. The predicted molar refractivity (Wildman–Crippen MR) is 90.7 cm³/mol. The number of ether oxygens (including phenoxy) is 1. The van der Waals surface area contributed by atoms with Crippen LogP contribution in [0.3, 0.4) is 0 Å². The lowest BCUT2D eigenvalue weighted by Crippen LogP contribution is -2.40. The summed E-state index contributed by atoms with van der Waals surface area (Å²) in [7, 11) is -3.52. The van der Waals surface area contributed by atoms with Crippen LogP contribution in [0.5, 0.6) is 0 Å². The first-order valence-electron chi connectivity index (χ1n) is 7.82. The SMILES string of the molecule is [2H]CC(C)(C)OC(=O)N(CC(=O)O)c1cccc(NS(=O)(=O)CC)c1. The van der Waals surface area contributed by atoms with E-state index in [1.807, 2.05) is 0 Å². The van der Waals surface area contributed by atoms with E-state index in [1.165, 1.54) is 45.0 Å². The Bertz CT molecular complexity index is 735. The zero-order valence-corrected chi connectivity index (χ0v) is 14.6. The zero-order chi connectivity index (χ0) is 19.3. The van der Waals surface area contributed by atoms with E-state index < -0.39 is 34.2 Å². The molecule has 1 amide bonds. The molecule has 1 aromatic carbocycles. The summed E-state index contributed by atoms with van der Waals surface area (Å²) in [6.45, 7) is 3.67. The summed E-state index contributed by atoms with van der Waals surface area (Å²) in [6, 6.07) is 5.77. The number of hydrogen-bond donors (Lipinski definition) is 2. The molecule has 0 saturated heterocycles. The number of carbonyl (C=O) groups is 2. The second-order valence-electron chi connectivity index (χ2n) is 5.66. The van der Waals surface area contributed by atoms with Crippen molar-refractivity contribution in [3.63, 3.8) is 0 Å². The molecule has 0 aromatic heterocycles. The first-order valence-corrected chi connectivity index (χ1v) is 8.77. The topological polar surface area (TPSA) is 113 Å². The van der Waals surface area contributed by atoms with Crippen molar-refractivity contribution in [2.24, 2.45) is 0 Å². The number of sulfonamides is 1. The fourth-order valence-electron chi connectivity index (χ4n) is 1.68. The van der Waals surface area contributed by atoms with Gasteiger partial charge in [0.1, 0.15) is 12.1 Å². The minimum Gasteiger partial charge on any atom is -0.480 e. The van der Waals surface area contributed by atoms with Gasteiger partial charge in [0.15, 0.2) is 0 Å². The molecule has 1 rings (SSSR count). The number of rotatable bonds is 6. The number of hydrogen-bond acceptors (Lipinski definition) is 5. The highest BCUT2D eigenvalue weighted by molar-refractivity contribution is 7.92. The molecule has 2 N–H and O–H groups in total. The number of carboxylic acids is 1. The first-order chi connectivity index (χ1) is 11.5. The summed E-state index contributed by atoms with van der Waals surface area (Å²) in [4.78, 5) is 24.3. The van der Waals surface area contributed by atoms with Gasteiger partial charge >= 0.3 is 12.1 Å². The van der Waals surface area contributed by atoms with Gasteiger partial charge in [-0.3, -0.25) is 14.4 Å². The smallest absolute Gasteiger partial charge is 0.415 e. The average molecular weight is 359 g/mol. The number of nitrogens with zero attached hydrogens (tertiary/aromatic N) is 1. The molecule has 24 heavy (non-hydrogen) atoms. The second kappa shape index (κ2) is 7.52. The normalized spacial score (nSPS) is 12.2. The standard InChI is InChI=1S/C15H22N2O6S/c1-5-24(21,22)16-11-7-6-8-12(9-11)17(10-13(18)19)14(20)23-15(2,3)4/h6-9,16H,5,10H2,1-4H3,(H,18,19)/i2D. The summed E-state index contributed by atoms with van der Waals surface area (Å²) >= 11 is 0. The Morgan fingerprint density at radius 2 is 2.08 bits per heavy atom. The molecule has 0 radical (unpaired) electrons. The number of amides is 1. The lowest BCUT2D eigenvalue weighted by atomic mass is 10.2. The maximum absolute atomic E-state index is 12.3. The van der Waals surface area contributed by atoms with Crippen LogP contribution >= 0.6 is 0 Å². The minimum atomic E-state index is -3.52. The molecule has 0 aliphatic heterocycles. The van der Waals surface area contributed by atoms with E-state index in [4.69, 9.17) is 11.2 Å². The third-order valence-corrected chi connectivity index (χ3v) is 4.00. The fraction of sp³-hybridized carbons (Fsp3) is 0.467. The highest BCUT2D eigenvalue weighted by Gasteiger charge is 2.25. The van der Waals surface area contributed by atoms with E-state index >= 15 is 0 Å². The van der Waals surface area contributed by atoms with Crippen LogP contribution in [0.25, 0.3) is 0 Å². The van der Waals surface area contributed by atoms with Crippen LogP contribution in [-0.2, 0) is 19.6 Å². The molecule has 0 fully saturated rings. The lowest BCUT2D eigenvalue weighted by Gasteiger charge is -2.26. The molecule has 9 heteroatoms. The van der Waals surface area contributed by atoms with Crippen molar-refractivity contribution in [2.75, 3.05) is 21.9 Å². The summed E-state index contributed by atoms with van der Waals surface area (Å²) in [6.07, 6.45) is -0.935. The lowest BCUT2D eigenvalue weighted by molar-refractivity contribution is -0.135. The number of anilines is 2. The molecule has 134 valence electrons. The van der Waals surface area contributed by atoms with Gasteiger partial charge in [0.05, 0.1) is 11.4 Å². The highest BCUT2D eigenvalue weighted by Crippen LogP contribution is 2.22. The van der Waals surface area contributed by atoms with Crippen molar-refractivity contribution in [2.45, 2.75) is 33.3 Å². The molecule has 0 atom stereocenters. The van der Waals surface area contributed by atoms with Crippen LogP contribution < -0.4 is 9.62 Å². The van der Waals surface area contributed by atoms with Gasteiger partial charge in [-0.1, -0.05) is 6.07 Å². The monoisotopic (exact) mass is 359 g/mol. The highest BCUT2D eigenvalue weighted by atomic mass is 32.2. The summed E-state index contributed by atoms with van der Waals surface area (Å²) < 4.78 is 38.2. The summed E-state index contributed by atoms with van der Waals surface area (Å²) in [5.41, 5.74) is -0.735. The van der Waals surface area contributed by atoms with Crippen LogP contribution in [0.15, 0.2) is 24.3 Å². The van der Waals surface area contributed by atoms with Gasteiger partial charge in [0, 0.05) is 7.06 Å². The van der Waals surface area contributed by atoms with Crippen molar-refractivity contribution in [1.29, 1.82) is 0 Å². The molecule has 0 saturated carbocycles. The van der Waals surface area contributed by atoms with Crippen LogP contribution in [-0.4, -0.2) is 43.5 Å². The van der Waals surface area contributed by atoms with Crippen molar-refractivity contribution >= 4 is 33.5 Å². The van der Waals surface area contributed by atoms with Crippen molar-refractivity contribution in [3.8, 4) is 0 Å². The predicted octanol–water partition coefficient (Wildman–Crippen LogP) is 2.27. The van der Waals surface area contributed by atoms with Crippen molar-refractivity contribution in [3.05, 3.63) is 24.3 Å². The zero-order valence-electron chi connectivity index (χ0n) is 14.8. The Balaban J connectivity index is 3.15. The first kappa shape index (κ1) is 18.1. The maximum atomic E-state index is 12.3. The molecular weight excluding hydrogens is 336 g/mol. The van der Waals surface area contributed by atoms with Crippen molar-refractivity contribution in [1.82, 2.24) is 0 Å². The molecule has 8 nitrogen and oxygen atoms in total. The van der Waals surface area contributed by atoms with E-state index in [0.717, 1.165) is 4.90 Å². The molecule has 0 bridgehead atoms. The minimum absolute atomic E-state index is 0.129. The molecular formula is C15H22N2O6S. The van der Waals surface area contributed by atoms with Crippen LogP contribution in [0.2, 0.25) is 0 Å². The largest absolute Gasteiger partial charge is 0.480 e. The average Bonchev–Trinajstić information content (AvgIpc) is 2.51. The molecule has 0 aliphatic rings.